The van der Waals surface area contributed by atoms with E-state index in [1.807, 2.05) is 0 Å². The summed E-state index contributed by atoms with van der Waals surface area (Å²) in [5.41, 5.74) is 0.340. The SMILES string of the molecule is CCOC1CC(NCCN2CCC(C)CC2)C1(C)CC. The molecule has 2 aliphatic rings. The average Bonchev–Trinajstić information content (AvgIpc) is 2.46. The van der Waals surface area contributed by atoms with Gasteiger partial charge in [-0.05, 0) is 51.6 Å². The lowest BCUT2D eigenvalue weighted by Crippen LogP contribution is -2.62. The molecule has 3 unspecified atom stereocenters. The smallest absolute Gasteiger partial charge is 0.0658 e. The summed E-state index contributed by atoms with van der Waals surface area (Å²) in [6, 6.07) is 0.646. The van der Waals surface area contributed by atoms with Crippen LogP contribution in [0.5, 0.6) is 0 Å². The first-order valence-corrected chi connectivity index (χ1v) is 8.67. The van der Waals surface area contributed by atoms with Gasteiger partial charge in [0.15, 0.2) is 0 Å². The van der Waals surface area contributed by atoms with E-state index in [4.69, 9.17) is 4.74 Å². The molecule has 0 bridgehead atoms. The molecule has 3 atom stereocenters. The molecule has 0 spiro atoms. The van der Waals surface area contributed by atoms with E-state index in [1.54, 1.807) is 0 Å². The molecule has 1 aliphatic carbocycles. The van der Waals surface area contributed by atoms with Gasteiger partial charge < -0.3 is 15.0 Å². The Morgan fingerprint density at radius 3 is 2.55 bits per heavy atom. The molecule has 2 rings (SSSR count). The van der Waals surface area contributed by atoms with Crippen molar-refractivity contribution in [3.8, 4) is 0 Å². The number of ether oxygens (including phenoxy) is 1. The number of hydrogen-bond donors (Lipinski definition) is 1. The van der Waals surface area contributed by atoms with Gasteiger partial charge in [-0.3, -0.25) is 0 Å². The van der Waals surface area contributed by atoms with Crippen LogP contribution in [-0.2, 0) is 4.74 Å². The van der Waals surface area contributed by atoms with Crippen LogP contribution < -0.4 is 5.32 Å². The molecular formula is C17H34N2O. The predicted molar refractivity (Wildman–Crippen MR) is 85.1 cm³/mol. The van der Waals surface area contributed by atoms with Gasteiger partial charge in [-0.2, -0.15) is 0 Å². The standard InChI is InChI=1S/C17H34N2O/c1-5-17(4)15(13-16(17)20-6-2)18-9-12-19-10-7-14(3)8-11-19/h14-16,18H,5-13H2,1-4H3. The van der Waals surface area contributed by atoms with Crippen LogP contribution in [0.25, 0.3) is 0 Å². The lowest BCUT2D eigenvalue weighted by molar-refractivity contribution is -0.125. The Bertz CT molecular complexity index is 289. The molecule has 0 aromatic carbocycles. The van der Waals surface area contributed by atoms with Crippen LogP contribution in [-0.4, -0.2) is 49.8 Å². The van der Waals surface area contributed by atoms with Crippen molar-refractivity contribution >= 4 is 0 Å². The molecule has 1 saturated carbocycles. The molecular weight excluding hydrogens is 248 g/mol. The zero-order valence-corrected chi connectivity index (χ0v) is 14.0. The van der Waals surface area contributed by atoms with Crippen molar-refractivity contribution in [1.82, 2.24) is 10.2 Å². The van der Waals surface area contributed by atoms with Crippen LogP contribution in [0, 0.1) is 11.3 Å². The number of hydrogen-bond acceptors (Lipinski definition) is 3. The molecule has 0 radical (unpaired) electrons. The number of nitrogens with one attached hydrogen (secondary N) is 1. The minimum Gasteiger partial charge on any atom is -0.378 e. The molecule has 118 valence electrons. The lowest BCUT2D eigenvalue weighted by atomic mass is 9.61. The number of piperidine rings is 1. The van der Waals surface area contributed by atoms with Gasteiger partial charge in [-0.15, -0.1) is 0 Å². The second kappa shape index (κ2) is 7.24. The average molecular weight is 282 g/mol. The van der Waals surface area contributed by atoms with E-state index >= 15 is 0 Å². The normalized spacial score (nSPS) is 36.0. The summed E-state index contributed by atoms with van der Waals surface area (Å²) < 4.78 is 5.87. The minimum atomic E-state index is 0.340. The molecule has 1 aliphatic heterocycles. The van der Waals surface area contributed by atoms with Gasteiger partial charge in [0.2, 0.25) is 0 Å². The molecule has 1 saturated heterocycles. The second-order valence-electron chi connectivity index (χ2n) is 7.07. The van der Waals surface area contributed by atoms with Gasteiger partial charge in [0, 0.05) is 31.2 Å². The number of rotatable bonds is 7. The molecule has 0 amide bonds. The van der Waals surface area contributed by atoms with Crippen LogP contribution in [0.3, 0.4) is 0 Å². The van der Waals surface area contributed by atoms with E-state index in [9.17, 15) is 0 Å². The van der Waals surface area contributed by atoms with Crippen molar-refractivity contribution in [2.75, 3.05) is 32.8 Å². The van der Waals surface area contributed by atoms with Gasteiger partial charge in [-0.25, -0.2) is 0 Å². The lowest BCUT2D eigenvalue weighted by Gasteiger charge is -2.54. The second-order valence-corrected chi connectivity index (χ2v) is 7.07. The molecule has 1 N–H and O–H groups in total. The predicted octanol–water partition coefficient (Wildman–Crippen LogP) is 2.90. The maximum Gasteiger partial charge on any atom is 0.0658 e. The molecule has 1 heterocycles. The number of nitrogens with zero attached hydrogens (tertiary/aromatic N) is 1. The fourth-order valence-corrected chi connectivity index (χ4v) is 3.75. The van der Waals surface area contributed by atoms with E-state index in [0.29, 0.717) is 17.6 Å². The van der Waals surface area contributed by atoms with Gasteiger partial charge in [0.25, 0.3) is 0 Å². The summed E-state index contributed by atoms with van der Waals surface area (Å²) in [5, 5.41) is 3.79. The van der Waals surface area contributed by atoms with Gasteiger partial charge in [0.05, 0.1) is 6.10 Å². The molecule has 2 fully saturated rings. The first kappa shape index (κ1) is 16.3. The Morgan fingerprint density at radius 1 is 1.25 bits per heavy atom. The Morgan fingerprint density at radius 2 is 1.95 bits per heavy atom. The summed E-state index contributed by atoms with van der Waals surface area (Å²) in [7, 11) is 0. The van der Waals surface area contributed by atoms with Gasteiger partial charge in [-0.1, -0.05) is 20.8 Å². The van der Waals surface area contributed by atoms with Gasteiger partial charge >= 0.3 is 0 Å². The number of likely N-dealkylation sites (tertiary alicyclic amines) is 1. The first-order valence-electron chi connectivity index (χ1n) is 8.67. The van der Waals surface area contributed by atoms with Crippen molar-refractivity contribution in [3.05, 3.63) is 0 Å². The fraction of sp³-hybridized carbons (Fsp3) is 1.00. The van der Waals surface area contributed by atoms with Crippen molar-refractivity contribution in [2.45, 2.75) is 65.5 Å². The van der Waals surface area contributed by atoms with Crippen LogP contribution >= 0.6 is 0 Å². The molecule has 3 heteroatoms. The topological polar surface area (TPSA) is 24.5 Å². The minimum absolute atomic E-state index is 0.340. The third-order valence-corrected chi connectivity index (χ3v) is 5.81. The maximum atomic E-state index is 5.87. The van der Waals surface area contributed by atoms with Crippen LogP contribution in [0.15, 0.2) is 0 Å². The molecule has 0 aromatic rings. The van der Waals surface area contributed by atoms with Crippen molar-refractivity contribution in [3.63, 3.8) is 0 Å². The summed E-state index contributed by atoms with van der Waals surface area (Å²) in [6.45, 7) is 14.9. The Labute approximate surface area is 125 Å². The van der Waals surface area contributed by atoms with Crippen LogP contribution in [0.4, 0.5) is 0 Å². The van der Waals surface area contributed by atoms with E-state index in [-0.39, 0.29) is 0 Å². The summed E-state index contributed by atoms with van der Waals surface area (Å²) in [4.78, 5) is 2.62. The zero-order valence-electron chi connectivity index (χ0n) is 14.0. The summed E-state index contributed by atoms with van der Waals surface area (Å²) in [5.74, 6) is 0.932. The highest BCUT2D eigenvalue weighted by molar-refractivity contribution is 5.04. The maximum absolute atomic E-state index is 5.87. The largest absolute Gasteiger partial charge is 0.378 e. The summed E-state index contributed by atoms with van der Waals surface area (Å²) >= 11 is 0. The fourth-order valence-electron chi connectivity index (χ4n) is 3.75. The van der Waals surface area contributed by atoms with Crippen molar-refractivity contribution in [2.24, 2.45) is 11.3 Å². The van der Waals surface area contributed by atoms with E-state index < -0.39 is 0 Å². The van der Waals surface area contributed by atoms with E-state index in [1.165, 1.54) is 45.3 Å². The third kappa shape index (κ3) is 3.55. The monoisotopic (exact) mass is 282 g/mol. The Hall–Kier alpha value is -0.120. The first-order chi connectivity index (χ1) is 9.60. The van der Waals surface area contributed by atoms with Crippen molar-refractivity contribution in [1.29, 1.82) is 0 Å². The Kier molecular flexibility index (Phi) is 5.88. The zero-order chi connectivity index (χ0) is 14.6. The van der Waals surface area contributed by atoms with Crippen LogP contribution in [0.1, 0.15) is 53.4 Å². The summed E-state index contributed by atoms with van der Waals surface area (Å²) in [6.07, 6.45) is 5.61. The molecule has 3 nitrogen and oxygen atoms in total. The molecule has 20 heavy (non-hydrogen) atoms. The highest BCUT2D eigenvalue weighted by atomic mass is 16.5. The Balaban J connectivity index is 1.67. The van der Waals surface area contributed by atoms with Gasteiger partial charge in [0.1, 0.15) is 0 Å². The van der Waals surface area contributed by atoms with E-state index in [2.05, 4.69) is 37.9 Å². The highest BCUT2D eigenvalue weighted by Crippen LogP contribution is 2.45. The molecule has 0 aromatic heterocycles. The van der Waals surface area contributed by atoms with E-state index in [0.717, 1.165) is 19.1 Å². The third-order valence-electron chi connectivity index (χ3n) is 5.81. The highest BCUT2D eigenvalue weighted by Gasteiger charge is 2.50. The van der Waals surface area contributed by atoms with Crippen molar-refractivity contribution < 1.29 is 4.74 Å². The van der Waals surface area contributed by atoms with Crippen LogP contribution in [0.2, 0.25) is 0 Å². The quantitative estimate of drug-likeness (QED) is 0.777.